The first-order chi connectivity index (χ1) is 12.2. The number of rotatable bonds is 3. The number of benzene rings is 2. The quantitative estimate of drug-likeness (QED) is 0.792. The van der Waals surface area contributed by atoms with Gasteiger partial charge in [-0.25, -0.2) is 0 Å². The smallest absolute Gasteiger partial charge is 0.224 e. The highest BCUT2D eigenvalue weighted by atomic mass is 16.5. The Morgan fingerprint density at radius 2 is 1.73 bits per heavy atom. The van der Waals surface area contributed by atoms with Crippen molar-refractivity contribution in [3.8, 4) is 5.75 Å². The molecule has 0 saturated heterocycles. The lowest BCUT2D eigenvalue weighted by Gasteiger charge is -2.22. The Kier molecular flexibility index (Phi) is 4.83. The third kappa shape index (κ3) is 3.48. The van der Waals surface area contributed by atoms with Crippen LogP contribution in [0.25, 0.3) is 0 Å². The molecule has 1 aliphatic rings. The van der Waals surface area contributed by atoms with Crippen LogP contribution < -0.4 is 10.1 Å². The fourth-order valence-electron chi connectivity index (χ4n) is 3.80. The number of nitrogens with one attached hydrogen (secondary N) is 1. The van der Waals surface area contributed by atoms with Gasteiger partial charge in [-0.15, -0.1) is 0 Å². The van der Waals surface area contributed by atoms with Crippen molar-refractivity contribution >= 4 is 11.6 Å². The van der Waals surface area contributed by atoms with Crippen molar-refractivity contribution in [3.05, 3.63) is 58.1 Å². The van der Waals surface area contributed by atoms with Crippen molar-refractivity contribution < 1.29 is 9.53 Å². The molecular weight excluding hydrogens is 322 g/mol. The number of amides is 1. The molecule has 2 aromatic carbocycles. The molecule has 0 aliphatic carbocycles. The largest absolute Gasteiger partial charge is 0.492 e. The molecule has 0 saturated carbocycles. The van der Waals surface area contributed by atoms with Gasteiger partial charge in [-0.3, -0.25) is 4.79 Å². The second-order valence-electron chi connectivity index (χ2n) is 8.55. The number of anilines is 1. The number of carbonyl (C=O) groups excluding carboxylic acids is 1. The van der Waals surface area contributed by atoms with Gasteiger partial charge in [0.2, 0.25) is 5.91 Å². The van der Waals surface area contributed by atoms with Crippen molar-refractivity contribution in [2.75, 3.05) is 11.9 Å². The number of fused-ring (bicyclic) bond motifs is 1. The van der Waals surface area contributed by atoms with Gasteiger partial charge in [0.15, 0.2) is 0 Å². The zero-order valence-electron chi connectivity index (χ0n) is 16.7. The van der Waals surface area contributed by atoms with Crippen LogP contribution in [-0.4, -0.2) is 12.5 Å². The summed E-state index contributed by atoms with van der Waals surface area (Å²) in [7, 11) is 0. The second kappa shape index (κ2) is 6.79. The Bertz CT molecular complexity index is 832. The molecule has 0 bridgehead atoms. The van der Waals surface area contributed by atoms with Crippen LogP contribution in [-0.2, 0) is 4.79 Å². The summed E-state index contributed by atoms with van der Waals surface area (Å²) in [5.41, 5.74) is 6.72. The normalized spacial score (nSPS) is 16.2. The maximum atomic E-state index is 12.6. The molecule has 1 heterocycles. The first-order valence-corrected chi connectivity index (χ1v) is 9.30. The average molecular weight is 351 g/mol. The molecule has 0 radical (unpaired) electrons. The van der Waals surface area contributed by atoms with E-state index in [9.17, 15) is 4.79 Å². The summed E-state index contributed by atoms with van der Waals surface area (Å²) in [4.78, 5) is 12.6. The molecule has 3 heteroatoms. The monoisotopic (exact) mass is 351 g/mol. The van der Waals surface area contributed by atoms with E-state index in [4.69, 9.17) is 4.74 Å². The minimum atomic E-state index is -0.0344. The number of hydrogen-bond acceptors (Lipinski definition) is 2. The van der Waals surface area contributed by atoms with Gasteiger partial charge >= 0.3 is 0 Å². The molecule has 138 valence electrons. The molecule has 1 atom stereocenters. The maximum absolute atomic E-state index is 12.6. The van der Waals surface area contributed by atoms with Crippen LogP contribution in [0, 0.1) is 26.2 Å². The first-order valence-electron chi connectivity index (χ1n) is 9.30. The molecule has 1 amide bonds. The van der Waals surface area contributed by atoms with Crippen molar-refractivity contribution in [1.29, 1.82) is 0 Å². The van der Waals surface area contributed by atoms with E-state index in [1.54, 1.807) is 0 Å². The lowest BCUT2D eigenvalue weighted by Crippen LogP contribution is -2.21. The number of ether oxygens (including phenoxy) is 1. The van der Waals surface area contributed by atoms with E-state index in [1.165, 1.54) is 11.1 Å². The summed E-state index contributed by atoms with van der Waals surface area (Å²) >= 11 is 0. The first kappa shape index (κ1) is 18.5. The molecule has 1 aliphatic heterocycles. The van der Waals surface area contributed by atoms with E-state index in [1.807, 2.05) is 6.07 Å². The highest BCUT2D eigenvalue weighted by Crippen LogP contribution is 2.46. The Morgan fingerprint density at radius 3 is 2.35 bits per heavy atom. The van der Waals surface area contributed by atoms with Crippen LogP contribution in [0.4, 0.5) is 5.69 Å². The van der Waals surface area contributed by atoms with E-state index in [-0.39, 0.29) is 17.2 Å². The third-order valence-corrected chi connectivity index (χ3v) is 5.20. The molecule has 0 spiro atoms. The summed E-state index contributed by atoms with van der Waals surface area (Å²) in [6.45, 7) is 13.1. The highest BCUT2D eigenvalue weighted by Gasteiger charge is 2.32. The van der Waals surface area contributed by atoms with Gasteiger partial charge in [0.1, 0.15) is 5.75 Å². The zero-order valence-corrected chi connectivity index (χ0v) is 16.7. The van der Waals surface area contributed by atoms with Gasteiger partial charge in [0.25, 0.3) is 0 Å². The topological polar surface area (TPSA) is 38.3 Å². The van der Waals surface area contributed by atoms with Crippen molar-refractivity contribution in [1.82, 2.24) is 0 Å². The summed E-state index contributed by atoms with van der Waals surface area (Å²) in [6.07, 6.45) is 0.501. The second-order valence-corrected chi connectivity index (χ2v) is 8.55. The van der Waals surface area contributed by atoms with Gasteiger partial charge < -0.3 is 10.1 Å². The van der Waals surface area contributed by atoms with Crippen LogP contribution in [0.5, 0.6) is 5.75 Å². The Morgan fingerprint density at radius 1 is 1.08 bits per heavy atom. The highest BCUT2D eigenvalue weighted by molar-refractivity contribution is 5.93. The van der Waals surface area contributed by atoms with Crippen molar-refractivity contribution in [2.45, 2.75) is 53.9 Å². The molecule has 0 aromatic heterocycles. The van der Waals surface area contributed by atoms with Crippen molar-refractivity contribution in [3.63, 3.8) is 0 Å². The average Bonchev–Trinajstić information content (AvgIpc) is 3.01. The minimum absolute atomic E-state index is 0.0344. The number of carbonyl (C=O) groups is 1. The molecule has 3 nitrogen and oxygen atoms in total. The Hall–Kier alpha value is -2.29. The SMILES string of the molecule is Cc1c(C)c2c(c(C)c1NC(=O)CC(C)(C)C)C(c1ccccc1)CO2. The Labute approximate surface area is 156 Å². The molecule has 26 heavy (non-hydrogen) atoms. The molecular formula is C23H29NO2. The van der Waals surface area contributed by atoms with Crippen LogP contribution >= 0.6 is 0 Å². The lowest BCUT2D eigenvalue weighted by molar-refractivity contribution is -0.117. The van der Waals surface area contributed by atoms with E-state index in [2.05, 4.69) is 71.1 Å². The van der Waals surface area contributed by atoms with E-state index >= 15 is 0 Å². The van der Waals surface area contributed by atoms with Gasteiger partial charge in [-0.1, -0.05) is 51.1 Å². The van der Waals surface area contributed by atoms with Gasteiger partial charge in [0.05, 0.1) is 6.61 Å². The fraction of sp³-hybridized carbons (Fsp3) is 0.435. The zero-order chi connectivity index (χ0) is 19.1. The molecule has 3 rings (SSSR count). The van der Waals surface area contributed by atoms with E-state index in [0.717, 1.165) is 28.1 Å². The van der Waals surface area contributed by atoms with Gasteiger partial charge in [0, 0.05) is 23.6 Å². The molecule has 1 N–H and O–H groups in total. The number of hydrogen-bond donors (Lipinski definition) is 1. The molecule has 1 unspecified atom stereocenters. The van der Waals surface area contributed by atoms with E-state index < -0.39 is 0 Å². The fourth-order valence-corrected chi connectivity index (χ4v) is 3.80. The lowest BCUT2D eigenvalue weighted by atomic mass is 9.86. The third-order valence-electron chi connectivity index (χ3n) is 5.20. The van der Waals surface area contributed by atoms with Crippen LogP contribution in [0.2, 0.25) is 0 Å². The standard InChI is InChI=1S/C23H29NO2/c1-14-15(2)22-20(18(13-26-22)17-10-8-7-9-11-17)16(3)21(14)24-19(25)12-23(4,5)6/h7-11,18H,12-13H2,1-6H3,(H,24,25). The molecule has 0 fully saturated rings. The summed E-state index contributed by atoms with van der Waals surface area (Å²) in [6, 6.07) is 10.5. The van der Waals surface area contributed by atoms with E-state index in [0.29, 0.717) is 13.0 Å². The predicted molar refractivity (Wildman–Crippen MR) is 107 cm³/mol. The summed E-state index contributed by atoms with van der Waals surface area (Å²) in [5, 5.41) is 3.18. The van der Waals surface area contributed by atoms with Gasteiger partial charge in [-0.2, -0.15) is 0 Å². The summed E-state index contributed by atoms with van der Waals surface area (Å²) in [5.74, 6) is 1.27. The van der Waals surface area contributed by atoms with Gasteiger partial charge in [-0.05, 0) is 48.4 Å². The minimum Gasteiger partial charge on any atom is -0.492 e. The van der Waals surface area contributed by atoms with Crippen LogP contribution in [0.15, 0.2) is 30.3 Å². The molecule has 2 aromatic rings. The predicted octanol–water partition coefficient (Wildman–Crippen LogP) is 5.51. The van der Waals surface area contributed by atoms with Crippen molar-refractivity contribution in [2.24, 2.45) is 5.41 Å². The summed E-state index contributed by atoms with van der Waals surface area (Å²) < 4.78 is 6.09. The van der Waals surface area contributed by atoms with Crippen LogP contribution in [0.3, 0.4) is 0 Å². The maximum Gasteiger partial charge on any atom is 0.224 e. The Balaban J connectivity index is 2.03. The van der Waals surface area contributed by atoms with Crippen LogP contribution in [0.1, 0.15) is 60.9 Å².